The zero-order valence-corrected chi connectivity index (χ0v) is 11.2. The van der Waals surface area contributed by atoms with E-state index in [9.17, 15) is 35.1 Å². The van der Waals surface area contributed by atoms with E-state index in [4.69, 9.17) is 0 Å². The van der Waals surface area contributed by atoms with Gasteiger partial charge in [-0.05, 0) is 29.9 Å². The number of halogens is 8. The fraction of sp³-hybridized carbons (Fsp3) is 0.286. The Balaban J connectivity index is 3.27. The van der Waals surface area contributed by atoms with Gasteiger partial charge in [-0.15, -0.1) is 0 Å². The van der Waals surface area contributed by atoms with Gasteiger partial charge in [-0.2, -0.15) is 13.2 Å². The van der Waals surface area contributed by atoms with Crippen LogP contribution in [0.5, 0.6) is 0 Å². The van der Waals surface area contributed by atoms with E-state index in [1.54, 1.807) is 0 Å². The number of benzene rings is 2. The summed E-state index contributed by atoms with van der Waals surface area (Å²) in [4.78, 5) is 0. The first-order chi connectivity index (χ1) is 10.0. The molecule has 0 unspecified atom stereocenters. The predicted molar refractivity (Wildman–Crippen MR) is 62.9 cm³/mol. The van der Waals surface area contributed by atoms with Crippen LogP contribution in [0.2, 0.25) is 0 Å². The highest BCUT2D eigenvalue weighted by molar-refractivity contribution is 5.93. The summed E-state index contributed by atoms with van der Waals surface area (Å²) in [5.74, 6) is -10.3. The molecular formula is C14H8F8. The maximum atomic E-state index is 13.9. The molecule has 0 aliphatic rings. The van der Waals surface area contributed by atoms with Gasteiger partial charge in [-0.1, -0.05) is 6.92 Å². The molecule has 0 atom stereocenters. The molecule has 0 amide bonds. The van der Waals surface area contributed by atoms with Crippen molar-refractivity contribution in [3.05, 3.63) is 45.8 Å². The number of alkyl halides is 3. The highest BCUT2D eigenvalue weighted by atomic mass is 19.4. The minimum atomic E-state index is -5.48. The first kappa shape index (κ1) is 16.5. The van der Waals surface area contributed by atoms with Crippen LogP contribution in [0.3, 0.4) is 0 Å². The summed E-state index contributed by atoms with van der Waals surface area (Å²) < 4.78 is 107. The highest BCUT2D eigenvalue weighted by Crippen LogP contribution is 2.43. The molecule has 0 saturated carbocycles. The fourth-order valence-electron chi connectivity index (χ4n) is 2.45. The van der Waals surface area contributed by atoms with Crippen LogP contribution in [0.15, 0.2) is 0 Å². The number of rotatable bonds is 1. The van der Waals surface area contributed by atoms with Gasteiger partial charge in [-0.3, -0.25) is 0 Å². The lowest BCUT2D eigenvalue weighted by Crippen LogP contribution is -2.15. The summed E-state index contributed by atoms with van der Waals surface area (Å²) in [6.07, 6.45) is -5.81. The second kappa shape index (κ2) is 5.10. The maximum absolute atomic E-state index is 13.9. The van der Waals surface area contributed by atoms with E-state index >= 15 is 0 Å². The zero-order valence-electron chi connectivity index (χ0n) is 11.2. The van der Waals surface area contributed by atoms with Crippen molar-refractivity contribution in [2.75, 3.05) is 0 Å². The lowest BCUT2D eigenvalue weighted by molar-refractivity contribution is -0.139. The van der Waals surface area contributed by atoms with Crippen LogP contribution < -0.4 is 0 Å². The van der Waals surface area contributed by atoms with Crippen LogP contribution >= 0.6 is 0 Å². The number of hydrogen-bond donors (Lipinski definition) is 0. The van der Waals surface area contributed by atoms with Crippen LogP contribution in [0.4, 0.5) is 35.1 Å². The third-order valence-electron chi connectivity index (χ3n) is 3.43. The average Bonchev–Trinajstić information content (AvgIpc) is 2.43. The van der Waals surface area contributed by atoms with E-state index in [-0.39, 0.29) is 6.42 Å². The lowest BCUT2D eigenvalue weighted by Gasteiger charge is -2.18. The van der Waals surface area contributed by atoms with Crippen LogP contribution in [-0.2, 0) is 12.6 Å². The molecule has 0 heterocycles. The van der Waals surface area contributed by atoms with Crippen molar-refractivity contribution in [1.82, 2.24) is 0 Å². The largest absolute Gasteiger partial charge is 0.420 e. The molecule has 0 aliphatic carbocycles. The van der Waals surface area contributed by atoms with Crippen molar-refractivity contribution in [3.8, 4) is 0 Å². The van der Waals surface area contributed by atoms with E-state index in [1.807, 2.05) is 0 Å². The summed E-state index contributed by atoms with van der Waals surface area (Å²) in [6, 6.07) is 0. The molecular weight excluding hydrogens is 320 g/mol. The van der Waals surface area contributed by atoms with E-state index < -0.39 is 62.7 Å². The SMILES string of the molecule is CCc1c(F)c(F)c(C(F)(F)F)c2c(F)c(F)c(F)c(C)c12. The monoisotopic (exact) mass is 328 g/mol. The molecule has 22 heavy (non-hydrogen) atoms. The van der Waals surface area contributed by atoms with Crippen molar-refractivity contribution >= 4 is 10.8 Å². The van der Waals surface area contributed by atoms with Gasteiger partial charge in [0.25, 0.3) is 0 Å². The van der Waals surface area contributed by atoms with Gasteiger partial charge in [0.2, 0.25) is 0 Å². The highest BCUT2D eigenvalue weighted by Gasteiger charge is 2.41. The molecule has 2 aromatic rings. The van der Waals surface area contributed by atoms with Gasteiger partial charge in [-0.25, -0.2) is 22.0 Å². The van der Waals surface area contributed by atoms with Crippen molar-refractivity contribution in [2.24, 2.45) is 0 Å². The van der Waals surface area contributed by atoms with Crippen molar-refractivity contribution < 1.29 is 35.1 Å². The van der Waals surface area contributed by atoms with Gasteiger partial charge in [0, 0.05) is 5.39 Å². The third kappa shape index (κ3) is 2.12. The number of fused-ring (bicyclic) bond motifs is 1. The molecule has 0 fully saturated rings. The Hall–Kier alpha value is -1.86. The fourth-order valence-corrected chi connectivity index (χ4v) is 2.45. The Bertz CT molecular complexity index is 773. The van der Waals surface area contributed by atoms with Gasteiger partial charge in [0.05, 0.1) is 0 Å². The molecule has 0 spiro atoms. The summed E-state index contributed by atoms with van der Waals surface area (Å²) in [5, 5.41) is -2.30. The molecule has 2 aromatic carbocycles. The van der Waals surface area contributed by atoms with Gasteiger partial charge in [0.15, 0.2) is 29.1 Å². The van der Waals surface area contributed by atoms with Gasteiger partial charge >= 0.3 is 6.18 Å². The van der Waals surface area contributed by atoms with Crippen LogP contribution in [0.1, 0.15) is 23.6 Å². The Kier molecular flexibility index (Phi) is 3.83. The van der Waals surface area contributed by atoms with E-state index in [1.165, 1.54) is 6.92 Å². The molecule has 0 aliphatic heterocycles. The van der Waals surface area contributed by atoms with Crippen LogP contribution in [-0.4, -0.2) is 0 Å². The maximum Gasteiger partial charge on any atom is 0.420 e. The van der Waals surface area contributed by atoms with Gasteiger partial charge in [0.1, 0.15) is 5.56 Å². The molecule has 8 heteroatoms. The molecule has 2 rings (SSSR count). The van der Waals surface area contributed by atoms with E-state index in [0.29, 0.717) is 0 Å². The molecule has 0 aromatic heterocycles. The first-order valence-electron chi connectivity index (χ1n) is 6.07. The van der Waals surface area contributed by atoms with Crippen LogP contribution in [0.25, 0.3) is 10.8 Å². The normalized spacial score (nSPS) is 12.3. The second-order valence-corrected chi connectivity index (χ2v) is 4.65. The van der Waals surface area contributed by atoms with Crippen LogP contribution in [0, 0.1) is 36.0 Å². The molecule has 0 N–H and O–H groups in total. The number of hydrogen-bond acceptors (Lipinski definition) is 0. The molecule has 120 valence electrons. The van der Waals surface area contributed by atoms with Crippen molar-refractivity contribution in [1.29, 1.82) is 0 Å². The Morgan fingerprint density at radius 3 is 1.73 bits per heavy atom. The Morgan fingerprint density at radius 1 is 0.727 bits per heavy atom. The molecule has 0 radical (unpaired) electrons. The summed E-state index contributed by atoms with van der Waals surface area (Å²) in [7, 11) is 0. The topological polar surface area (TPSA) is 0 Å². The predicted octanol–water partition coefficient (Wildman–Crippen LogP) is 5.42. The average molecular weight is 328 g/mol. The standard InChI is InChI=1S/C14H8F8/c1-3-5-6-4(2)9(15)13(19)11(17)7(6)8(14(20,21)22)12(18)10(5)16/h3H2,1-2H3. The summed E-state index contributed by atoms with van der Waals surface area (Å²) >= 11 is 0. The minimum Gasteiger partial charge on any atom is -0.203 e. The number of aryl methyl sites for hydroxylation is 2. The zero-order chi connectivity index (χ0) is 17.0. The quantitative estimate of drug-likeness (QED) is 0.484. The van der Waals surface area contributed by atoms with E-state index in [2.05, 4.69) is 0 Å². The molecule has 0 saturated heterocycles. The Labute approximate surface area is 119 Å². The van der Waals surface area contributed by atoms with Gasteiger partial charge < -0.3 is 0 Å². The Morgan fingerprint density at radius 2 is 1.27 bits per heavy atom. The smallest absolute Gasteiger partial charge is 0.203 e. The lowest BCUT2D eigenvalue weighted by atomic mass is 9.92. The summed E-state index contributed by atoms with van der Waals surface area (Å²) in [5.41, 5.74) is -3.64. The first-order valence-corrected chi connectivity index (χ1v) is 6.07. The van der Waals surface area contributed by atoms with E-state index in [0.717, 1.165) is 6.92 Å². The third-order valence-corrected chi connectivity index (χ3v) is 3.43. The minimum absolute atomic E-state index is 0.331. The summed E-state index contributed by atoms with van der Waals surface area (Å²) in [6.45, 7) is 2.14. The van der Waals surface area contributed by atoms with Crippen molar-refractivity contribution in [3.63, 3.8) is 0 Å². The second-order valence-electron chi connectivity index (χ2n) is 4.65. The van der Waals surface area contributed by atoms with Crippen molar-refractivity contribution in [2.45, 2.75) is 26.4 Å². The molecule has 0 nitrogen and oxygen atoms in total. The molecule has 0 bridgehead atoms.